The van der Waals surface area contributed by atoms with Gasteiger partial charge in [0.05, 0.1) is 6.21 Å². The normalized spacial score (nSPS) is 10.7. The number of tetrazole rings is 1. The number of nitrogens with zero attached hydrogens (tertiary/aromatic N) is 4. The Bertz CT molecular complexity index is 752. The molecule has 0 aliphatic carbocycles. The quantitative estimate of drug-likeness (QED) is 0.323. The Labute approximate surface area is 128 Å². The van der Waals surface area contributed by atoms with E-state index in [1.54, 1.807) is 42.6 Å². The molecule has 0 atom stereocenters. The number of esters is 1. The van der Waals surface area contributed by atoms with Gasteiger partial charge in [0.2, 0.25) is 0 Å². The van der Waals surface area contributed by atoms with Crippen LogP contribution in [0.3, 0.4) is 0 Å². The highest BCUT2D eigenvalue weighted by Gasteiger charge is 2.08. The summed E-state index contributed by atoms with van der Waals surface area (Å²) in [5.74, 6) is 0.384. The second-order valence-electron chi connectivity index (χ2n) is 4.04. The predicted molar refractivity (Wildman–Crippen MR) is 81.1 cm³/mol. The Hall–Kier alpha value is -3.07. The Balaban J connectivity index is 1.58. The molecule has 2 N–H and O–H groups in total. The number of carbonyl (C=O) groups excluding carboxylic acids is 1. The van der Waals surface area contributed by atoms with Crippen LogP contribution in [-0.4, -0.2) is 32.8 Å². The Morgan fingerprint density at radius 1 is 1.32 bits per heavy atom. The number of hydrazone groups is 1. The maximum atomic E-state index is 11.8. The highest BCUT2D eigenvalue weighted by molar-refractivity contribution is 7.12. The van der Waals surface area contributed by atoms with Crippen LogP contribution in [0.1, 0.15) is 15.2 Å². The molecule has 0 radical (unpaired) electrons. The molecule has 0 aliphatic rings. The fraction of sp³-hybridized carbons (Fsp3) is 0. The minimum absolute atomic E-state index is 0.276. The SMILES string of the molecule is O=C(Oc1ccc(/C=N/Nc2nn[nH]n2)cc1)c1cccs1. The minimum atomic E-state index is -0.366. The van der Waals surface area contributed by atoms with Crippen molar-refractivity contribution in [3.63, 3.8) is 0 Å². The third kappa shape index (κ3) is 3.52. The lowest BCUT2D eigenvalue weighted by Gasteiger charge is -2.02. The molecule has 0 amide bonds. The molecule has 110 valence electrons. The van der Waals surface area contributed by atoms with Crippen LogP contribution in [0.15, 0.2) is 46.9 Å². The Morgan fingerprint density at radius 2 is 2.18 bits per heavy atom. The molecule has 3 rings (SSSR count). The molecule has 9 heteroatoms. The van der Waals surface area contributed by atoms with Gasteiger partial charge >= 0.3 is 5.97 Å². The van der Waals surface area contributed by atoms with Crippen molar-refractivity contribution in [1.82, 2.24) is 20.6 Å². The first kappa shape index (κ1) is 13.9. The molecule has 0 fully saturated rings. The lowest BCUT2D eigenvalue weighted by molar-refractivity contribution is 0.0740. The highest BCUT2D eigenvalue weighted by Crippen LogP contribution is 2.16. The van der Waals surface area contributed by atoms with Crippen LogP contribution in [0, 0.1) is 0 Å². The first-order chi connectivity index (χ1) is 10.8. The summed E-state index contributed by atoms with van der Waals surface area (Å²) in [5, 5.41) is 18.8. The largest absolute Gasteiger partial charge is 0.422 e. The number of aromatic nitrogens is 4. The second-order valence-corrected chi connectivity index (χ2v) is 4.99. The molecule has 22 heavy (non-hydrogen) atoms. The lowest BCUT2D eigenvalue weighted by atomic mass is 10.2. The van der Waals surface area contributed by atoms with Crippen LogP contribution in [0.5, 0.6) is 5.75 Å². The van der Waals surface area contributed by atoms with Gasteiger partial charge < -0.3 is 4.74 Å². The number of rotatable bonds is 5. The monoisotopic (exact) mass is 314 g/mol. The van der Waals surface area contributed by atoms with E-state index in [1.165, 1.54) is 11.3 Å². The van der Waals surface area contributed by atoms with E-state index in [4.69, 9.17) is 4.74 Å². The van der Waals surface area contributed by atoms with Crippen molar-refractivity contribution in [3.8, 4) is 5.75 Å². The number of aromatic amines is 1. The molecular weight excluding hydrogens is 304 g/mol. The summed E-state index contributed by atoms with van der Waals surface area (Å²) in [7, 11) is 0. The van der Waals surface area contributed by atoms with E-state index in [1.807, 2.05) is 5.38 Å². The van der Waals surface area contributed by atoms with Crippen LogP contribution in [0.2, 0.25) is 0 Å². The van der Waals surface area contributed by atoms with E-state index in [0.717, 1.165) is 5.56 Å². The molecule has 0 saturated heterocycles. The minimum Gasteiger partial charge on any atom is -0.422 e. The van der Waals surface area contributed by atoms with Gasteiger partial charge in [0, 0.05) is 0 Å². The van der Waals surface area contributed by atoms with E-state index < -0.39 is 0 Å². The van der Waals surface area contributed by atoms with Crippen LogP contribution in [0.25, 0.3) is 0 Å². The van der Waals surface area contributed by atoms with Crippen LogP contribution >= 0.6 is 11.3 Å². The van der Waals surface area contributed by atoms with Crippen molar-refractivity contribution in [3.05, 3.63) is 52.2 Å². The summed E-state index contributed by atoms with van der Waals surface area (Å²) >= 11 is 1.34. The van der Waals surface area contributed by atoms with E-state index in [-0.39, 0.29) is 11.9 Å². The summed E-state index contributed by atoms with van der Waals surface area (Å²) in [6, 6.07) is 10.5. The standard InChI is InChI=1S/C13H10N6O2S/c20-12(11-2-1-7-22-11)21-10-5-3-9(4-6-10)8-14-15-13-16-18-19-17-13/h1-8H,(H2,15,16,17,18,19)/b14-8+. The molecule has 1 aromatic carbocycles. The number of carbonyl (C=O) groups is 1. The zero-order chi connectivity index (χ0) is 15.2. The molecule has 0 spiro atoms. The van der Waals surface area contributed by atoms with Crippen molar-refractivity contribution in [2.24, 2.45) is 5.10 Å². The van der Waals surface area contributed by atoms with E-state index in [9.17, 15) is 4.79 Å². The van der Waals surface area contributed by atoms with Crippen molar-refractivity contribution in [1.29, 1.82) is 0 Å². The fourth-order valence-corrected chi connectivity index (χ4v) is 2.15. The van der Waals surface area contributed by atoms with E-state index in [2.05, 4.69) is 31.2 Å². The molecule has 0 aliphatic heterocycles. The number of anilines is 1. The maximum absolute atomic E-state index is 11.8. The summed E-state index contributed by atoms with van der Waals surface area (Å²) in [6.07, 6.45) is 1.58. The number of benzene rings is 1. The molecular formula is C13H10N6O2S. The molecule has 0 saturated carbocycles. The van der Waals surface area contributed by atoms with Gasteiger partial charge in [0.15, 0.2) is 0 Å². The summed E-state index contributed by atoms with van der Waals surface area (Å²) in [6.45, 7) is 0. The van der Waals surface area contributed by atoms with Gasteiger partial charge in [-0.3, -0.25) is 0 Å². The van der Waals surface area contributed by atoms with Crippen molar-refractivity contribution in [2.75, 3.05) is 5.43 Å². The molecule has 3 aromatic rings. The molecule has 8 nitrogen and oxygen atoms in total. The first-order valence-corrected chi connectivity index (χ1v) is 7.07. The van der Waals surface area contributed by atoms with Gasteiger partial charge in [-0.05, 0) is 46.5 Å². The third-order valence-electron chi connectivity index (χ3n) is 2.54. The maximum Gasteiger partial charge on any atom is 0.353 e. The molecule has 2 aromatic heterocycles. The van der Waals surface area contributed by atoms with E-state index in [0.29, 0.717) is 10.6 Å². The van der Waals surface area contributed by atoms with Crippen LogP contribution in [-0.2, 0) is 0 Å². The summed E-state index contributed by atoms with van der Waals surface area (Å²) in [4.78, 5) is 12.4. The number of thiophene rings is 1. The van der Waals surface area contributed by atoms with Gasteiger partial charge in [0.25, 0.3) is 5.95 Å². The Morgan fingerprint density at radius 3 is 2.86 bits per heavy atom. The molecule has 2 heterocycles. The van der Waals surface area contributed by atoms with Gasteiger partial charge in [0.1, 0.15) is 10.6 Å². The smallest absolute Gasteiger partial charge is 0.353 e. The van der Waals surface area contributed by atoms with Gasteiger partial charge in [-0.25, -0.2) is 10.2 Å². The van der Waals surface area contributed by atoms with Crippen LogP contribution in [0.4, 0.5) is 5.95 Å². The number of hydrogen-bond donors (Lipinski definition) is 2. The number of ether oxygens (including phenoxy) is 1. The Kier molecular flexibility index (Phi) is 4.16. The van der Waals surface area contributed by atoms with Gasteiger partial charge in [-0.1, -0.05) is 11.2 Å². The van der Waals surface area contributed by atoms with Crippen molar-refractivity contribution < 1.29 is 9.53 Å². The highest BCUT2D eigenvalue weighted by atomic mass is 32.1. The topological polar surface area (TPSA) is 105 Å². The fourth-order valence-electron chi connectivity index (χ4n) is 1.55. The van der Waals surface area contributed by atoms with Crippen LogP contribution < -0.4 is 10.2 Å². The zero-order valence-corrected chi connectivity index (χ0v) is 11.9. The average molecular weight is 314 g/mol. The van der Waals surface area contributed by atoms with Gasteiger partial charge in [-0.15, -0.1) is 16.4 Å². The summed E-state index contributed by atoms with van der Waals surface area (Å²) < 4.78 is 5.26. The van der Waals surface area contributed by atoms with E-state index >= 15 is 0 Å². The number of hydrogen-bond acceptors (Lipinski definition) is 8. The average Bonchev–Trinajstić information content (AvgIpc) is 3.22. The van der Waals surface area contributed by atoms with Crippen molar-refractivity contribution in [2.45, 2.75) is 0 Å². The zero-order valence-electron chi connectivity index (χ0n) is 11.1. The second kappa shape index (κ2) is 6.59. The lowest BCUT2D eigenvalue weighted by Crippen LogP contribution is -2.06. The van der Waals surface area contributed by atoms with Crippen molar-refractivity contribution >= 4 is 29.5 Å². The number of H-pyrrole nitrogens is 1. The first-order valence-electron chi connectivity index (χ1n) is 6.19. The molecule has 0 bridgehead atoms. The summed E-state index contributed by atoms with van der Waals surface area (Å²) in [5.41, 5.74) is 3.43. The number of nitrogens with one attached hydrogen (secondary N) is 2. The predicted octanol–water partition coefficient (Wildman–Crippen LogP) is 1.93. The third-order valence-corrected chi connectivity index (χ3v) is 3.39. The molecule has 0 unspecified atom stereocenters. The van der Waals surface area contributed by atoms with Gasteiger partial charge in [-0.2, -0.15) is 10.3 Å².